The van der Waals surface area contributed by atoms with Crippen LogP contribution in [0.5, 0.6) is 0 Å². The van der Waals surface area contributed by atoms with E-state index >= 15 is 0 Å². The van der Waals surface area contributed by atoms with Crippen molar-refractivity contribution < 1.29 is 4.79 Å². The van der Waals surface area contributed by atoms with Gasteiger partial charge in [-0.3, -0.25) is 4.79 Å². The van der Waals surface area contributed by atoms with Gasteiger partial charge in [0.15, 0.2) is 5.78 Å². The fraction of sp³-hybridized carbons (Fsp3) is 0.400. The molecule has 17 heavy (non-hydrogen) atoms. The van der Waals surface area contributed by atoms with Gasteiger partial charge in [0, 0.05) is 10.9 Å². The van der Waals surface area contributed by atoms with Gasteiger partial charge in [0.1, 0.15) is 0 Å². The summed E-state index contributed by atoms with van der Waals surface area (Å²) in [7, 11) is 0. The van der Waals surface area contributed by atoms with Crippen molar-refractivity contribution in [1.29, 1.82) is 0 Å². The molecular formula is C15H19BrO. The van der Waals surface area contributed by atoms with Crippen molar-refractivity contribution in [3.63, 3.8) is 0 Å². The Morgan fingerprint density at radius 2 is 1.88 bits per heavy atom. The Labute approximate surface area is 112 Å². The highest BCUT2D eigenvalue weighted by Crippen LogP contribution is 2.12. The maximum atomic E-state index is 11.6. The van der Waals surface area contributed by atoms with E-state index in [-0.39, 0.29) is 5.78 Å². The van der Waals surface area contributed by atoms with Crippen LogP contribution in [-0.4, -0.2) is 5.78 Å². The minimum Gasteiger partial charge on any atom is -0.295 e. The second-order valence-corrected chi connectivity index (χ2v) is 5.08. The summed E-state index contributed by atoms with van der Waals surface area (Å²) in [5, 5.41) is 0. The van der Waals surface area contributed by atoms with Crippen LogP contribution in [0.4, 0.5) is 0 Å². The number of ketones is 1. The molecule has 1 aromatic rings. The Morgan fingerprint density at radius 1 is 1.18 bits per heavy atom. The third-order valence-corrected chi connectivity index (χ3v) is 3.14. The Balaban J connectivity index is 2.32. The molecule has 0 aliphatic carbocycles. The van der Waals surface area contributed by atoms with Gasteiger partial charge >= 0.3 is 0 Å². The fourth-order valence-electron chi connectivity index (χ4n) is 1.57. The molecule has 0 radical (unpaired) electrons. The first-order chi connectivity index (χ1) is 8.22. The molecular weight excluding hydrogens is 276 g/mol. The summed E-state index contributed by atoms with van der Waals surface area (Å²) in [4.78, 5) is 11.6. The maximum Gasteiger partial charge on any atom is 0.155 e. The summed E-state index contributed by atoms with van der Waals surface area (Å²) in [6.45, 7) is 2.18. The lowest BCUT2D eigenvalue weighted by Crippen LogP contribution is -1.92. The zero-order valence-corrected chi connectivity index (χ0v) is 11.9. The monoisotopic (exact) mass is 294 g/mol. The Hall–Kier alpha value is -0.890. The van der Waals surface area contributed by atoms with Crippen LogP contribution in [0.1, 0.15) is 44.6 Å². The first kappa shape index (κ1) is 14.2. The Bertz CT molecular complexity index is 365. The van der Waals surface area contributed by atoms with Crippen molar-refractivity contribution in [2.45, 2.75) is 39.0 Å². The number of carbonyl (C=O) groups excluding carboxylic acids is 1. The number of carbonyl (C=O) groups is 1. The molecule has 0 aromatic heterocycles. The predicted octanol–water partition coefficient (Wildman–Crippen LogP) is 5.00. The summed E-state index contributed by atoms with van der Waals surface area (Å²) in [5.41, 5.74) is 1.06. The number of hydrogen-bond donors (Lipinski definition) is 0. The van der Waals surface area contributed by atoms with E-state index in [4.69, 9.17) is 0 Å². The van der Waals surface area contributed by atoms with Gasteiger partial charge in [0.05, 0.1) is 0 Å². The third kappa shape index (κ3) is 6.42. The molecule has 0 unspecified atom stereocenters. The smallest absolute Gasteiger partial charge is 0.155 e. The average molecular weight is 295 g/mol. The van der Waals surface area contributed by atoms with Crippen LogP contribution in [0.15, 0.2) is 34.8 Å². The number of rotatable bonds is 7. The number of unbranched alkanes of at least 4 members (excludes halogenated alkanes) is 3. The third-order valence-electron chi connectivity index (χ3n) is 2.61. The second kappa shape index (κ2) is 8.24. The molecule has 1 nitrogen and oxygen atoms in total. The molecule has 0 heterocycles. The molecule has 0 N–H and O–H groups in total. The zero-order chi connectivity index (χ0) is 12.5. The molecule has 0 saturated carbocycles. The lowest BCUT2D eigenvalue weighted by atomic mass is 10.1. The Morgan fingerprint density at radius 3 is 2.53 bits per heavy atom. The molecule has 1 aromatic carbocycles. The van der Waals surface area contributed by atoms with Crippen LogP contribution in [0.25, 0.3) is 6.08 Å². The number of hydrogen-bond acceptors (Lipinski definition) is 1. The maximum absolute atomic E-state index is 11.6. The second-order valence-electron chi connectivity index (χ2n) is 4.16. The van der Waals surface area contributed by atoms with Gasteiger partial charge in [-0.2, -0.15) is 0 Å². The number of benzene rings is 1. The SMILES string of the molecule is CCCCCCC(=O)C=Cc1ccc(Br)cc1. The molecule has 0 bridgehead atoms. The quantitative estimate of drug-likeness (QED) is 0.511. The molecule has 92 valence electrons. The van der Waals surface area contributed by atoms with E-state index in [1.54, 1.807) is 6.08 Å². The lowest BCUT2D eigenvalue weighted by Gasteiger charge is -1.96. The van der Waals surface area contributed by atoms with Crippen LogP contribution in [0.3, 0.4) is 0 Å². The number of halogens is 1. The van der Waals surface area contributed by atoms with Gasteiger partial charge in [-0.1, -0.05) is 60.3 Å². The highest BCUT2D eigenvalue weighted by molar-refractivity contribution is 9.10. The lowest BCUT2D eigenvalue weighted by molar-refractivity contribution is -0.114. The van der Waals surface area contributed by atoms with Gasteiger partial charge in [0.25, 0.3) is 0 Å². The summed E-state index contributed by atoms with van der Waals surface area (Å²) in [6.07, 6.45) is 8.86. The van der Waals surface area contributed by atoms with Crippen molar-refractivity contribution in [2.24, 2.45) is 0 Å². The highest BCUT2D eigenvalue weighted by atomic mass is 79.9. The largest absolute Gasteiger partial charge is 0.295 e. The Kier molecular flexibility index (Phi) is 6.87. The summed E-state index contributed by atoms with van der Waals surface area (Å²) in [5.74, 6) is 0.226. The first-order valence-electron chi connectivity index (χ1n) is 6.19. The van der Waals surface area contributed by atoms with Crippen molar-refractivity contribution in [2.75, 3.05) is 0 Å². The van der Waals surface area contributed by atoms with Gasteiger partial charge in [-0.25, -0.2) is 0 Å². The van der Waals surface area contributed by atoms with Crippen molar-refractivity contribution in [1.82, 2.24) is 0 Å². The normalized spacial score (nSPS) is 10.9. The summed E-state index contributed by atoms with van der Waals surface area (Å²) < 4.78 is 1.06. The van der Waals surface area contributed by atoms with E-state index in [9.17, 15) is 4.79 Å². The van der Waals surface area contributed by atoms with E-state index in [1.807, 2.05) is 30.3 Å². The molecule has 0 atom stereocenters. The molecule has 1 rings (SSSR count). The topological polar surface area (TPSA) is 17.1 Å². The van der Waals surface area contributed by atoms with E-state index in [2.05, 4.69) is 22.9 Å². The number of allylic oxidation sites excluding steroid dienone is 1. The van der Waals surface area contributed by atoms with E-state index < -0.39 is 0 Å². The molecule has 0 saturated heterocycles. The molecule has 0 aliphatic rings. The van der Waals surface area contributed by atoms with Crippen molar-refractivity contribution >= 4 is 27.8 Å². The zero-order valence-electron chi connectivity index (χ0n) is 10.3. The summed E-state index contributed by atoms with van der Waals surface area (Å²) >= 11 is 3.38. The molecule has 0 fully saturated rings. The van der Waals surface area contributed by atoms with Crippen LogP contribution < -0.4 is 0 Å². The van der Waals surface area contributed by atoms with Gasteiger partial charge < -0.3 is 0 Å². The average Bonchev–Trinajstić information content (AvgIpc) is 2.34. The van der Waals surface area contributed by atoms with Gasteiger partial charge in [-0.15, -0.1) is 0 Å². The van der Waals surface area contributed by atoms with Crippen LogP contribution in [0, 0.1) is 0 Å². The minimum absolute atomic E-state index is 0.226. The molecule has 2 heteroatoms. The minimum atomic E-state index is 0.226. The molecule has 0 spiro atoms. The standard InChI is InChI=1S/C15H19BrO/c1-2-3-4-5-6-15(17)12-9-13-7-10-14(16)11-8-13/h7-12H,2-6H2,1H3. The van der Waals surface area contributed by atoms with Crippen molar-refractivity contribution in [3.05, 3.63) is 40.4 Å². The molecule has 0 amide bonds. The highest BCUT2D eigenvalue weighted by Gasteiger charge is 1.96. The van der Waals surface area contributed by atoms with Crippen LogP contribution in [-0.2, 0) is 4.79 Å². The van der Waals surface area contributed by atoms with Crippen LogP contribution in [0.2, 0.25) is 0 Å². The van der Waals surface area contributed by atoms with E-state index in [0.29, 0.717) is 6.42 Å². The van der Waals surface area contributed by atoms with Crippen molar-refractivity contribution in [3.8, 4) is 0 Å². The van der Waals surface area contributed by atoms with Crippen LogP contribution >= 0.6 is 15.9 Å². The van der Waals surface area contributed by atoms with E-state index in [0.717, 1.165) is 22.9 Å². The van der Waals surface area contributed by atoms with Gasteiger partial charge in [-0.05, 0) is 30.2 Å². The van der Waals surface area contributed by atoms with Gasteiger partial charge in [0.2, 0.25) is 0 Å². The summed E-state index contributed by atoms with van der Waals surface area (Å²) in [6, 6.07) is 7.94. The predicted molar refractivity (Wildman–Crippen MR) is 76.9 cm³/mol. The van der Waals surface area contributed by atoms with E-state index in [1.165, 1.54) is 12.8 Å². The molecule has 0 aliphatic heterocycles. The first-order valence-corrected chi connectivity index (χ1v) is 6.98. The fourth-order valence-corrected chi connectivity index (χ4v) is 1.84.